The maximum atomic E-state index is 11.4. The third kappa shape index (κ3) is 2.14. The van der Waals surface area contributed by atoms with Crippen molar-refractivity contribution in [1.29, 1.82) is 0 Å². The lowest BCUT2D eigenvalue weighted by Crippen LogP contribution is -2.13. The van der Waals surface area contributed by atoms with Gasteiger partial charge in [0.15, 0.2) is 0 Å². The summed E-state index contributed by atoms with van der Waals surface area (Å²) in [6.07, 6.45) is 5.04. The van der Waals surface area contributed by atoms with E-state index in [1.54, 1.807) is 0 Å². The van der Waals surface area contributed by atoms with Gasteiger partial charge in [0.2, 0.25) is 0 Å². The van der Waals surface area contributed by atoms with Crippen LogP contribution in [0.2, 0.25) is 0 Å². The Morgan fingerprint density at radius 3 is 1.58 bits per heavy atom. The van der Waals surface area contributed by atoms with Gasteiger partial charge in [-0.1, -0.05) is 0 Å². The van der Waals surface area contributed by atoms with Crippen LogP contribution in [0.25, 0.3) is 0 Å². The van der Waals surface area contributed by atoms with Gasteiger partial charge in [0, 0.05) is 12.8 Å². The van der Waals surface area contributed by atoms with Crippen molar-refractivity contribution in [2.24, 2.45) is 0 Å². The predicted octanol–water partition coefficient (Wildman–Crippen LogP) is 2.88. The van der Waals surface area contributed by atoms with Crippen molar-refractivity contribution in [2.45, 2.75) is 48.3 Å². The molecule has 0 aromatic heterocycles. The number of carbonyl (C=O) groups excluding carboxylic acids is 1. The van der Waals surface area contributed by atoms with Crippen LogP contribution in [0.3, 0.4) is 0 Å². The SMILES string of the molecule is O=C(CC1(Cl)CC1)CC1(Cl)CC1. The summed E-state index contributed by atoms with van der Waals surface area (Å²) in [6.45, 7) is 0. The van der Waals surface area contributed by atoms with E-state index in [0.717, 1.165) is 25.7 Å². The Morgan fingerprint density at radius 1 is 1.00 bits per heavy atom. The highest BCUT2D eigenvalue weighted by Gasteiger charge is 2.46. The van der Waals surface area contributed by atoms with Gasteiger partial charge in [-0.3, -0.25) is 4.79 Å². The molecule has 0 spiro atoms. The highest BCUT2D eigenvalue weighted by atomic mass is 35.5. The van der Waals surface area contributed by atoms with Gasteiger partial charge in [0.1, 0.15) is 5.78 Å². The fraction of sp³-hybridized carbons (Fsp3) is 0.889. The van der Waals surface area contributed by atoms with Gasteiger partial charge in [-0.2, -0.15) is 0 Å². The molecule has 12 heavy (non-hydrogen) atoms. The third-order valence-corrected chi connectivity index (χ3v) is 3.64. The first-order valence-electron chi connectivity index (χ1n) is 4.41. The minimum absolute atomic E-state index is 0.167. The van der Waals surface area contributed by atoms with Gasteiger partial charge in [-0.15, -0.1) is 23.2 Å². The molecule has 3 heteroatoms. The number of hydrogen-bond donors (Lipinski definition) is 0. The molecule has 1 nitrogen and oxygen atoms in total. The van der Waals surface area contributed by atoms with Crippen molar-refractivity contribution in [3.05, 3.63) is 0 Å². The van der Waals surface area contributed by atoms with Crippen molar-refractivity contribution in [3.63, 3.8) is 0 Å². The van der Waals surface area contributed by atoms with Gasteiger partial charge in [0.25, 0.3) is 0 Å². The number of carbonyl (C=O) groups is 1. The molecule has 0 aromatic rings. The van der Waals surface area contributed by atoms with Crippen molar-refractivity contribution in [1.82, 2.24) is 0 Å². The number of ketones is 1. The van der Waals surface area contributed by atoms with E-state index in [1.165, 1.54) is 0 Å². The molecule has 2 aliphatic carbocycles. The Hall–Kier alpha value is 0.250. The van der Waals surface area contributed by atoms with Crippen LogP contribution < -0.4 is 0 Å². The Balaban J connectivity index is 1.77. The van der Waals surface area contributed by atoms with Crippen molar-refractivity contribution in [2.75, 3.05) is 0 Å². The fourth-order valence-electron chi connectivity index (χ4n) is 1.39. The van der Waals surface area contributed by atoms with Crippen molar-refractivity contribution < 1.29 is 4.79 Å². The molecule has 2 saturated carbocycles. The summed E-state index contributed by atoms with van der Waals surface area (Å²) in [5.74, 6) is 0.245. The highest BCUT2D eigenvalue weighted by Crippen LogP contribution is 2.49. The first-order valence-corrected chi connectivity index (χ1v) is 5.17. The zero-order chi connectivity index (χ0) is 8.82. The second-order valence-electron chi connectivity index (χ2n) is 4.19. The topological polar surface area (TPSA) is 17.1 Å². The number of alkyl halides is 2. The fourth-order valence-corrected chi connectivity index (χ4v) is 1.88. The van der Waals surface area contributed by atoms with E-state index >= 15 is 0 Å². The van der Waals surface area contributed by atoms with Crippen LogP contribution in [0.1, 0.15) is 38.5 Å². The molecule has 0 radical (unpaired) electrons. The molecular formula is C9H12Cl2O. The molecule has 0 amide bonds. The van der Waals surface area contributed by atoms with E-state index in [1.807, 2.05) is 0 Å². The summed E-state index contributed by atoms with van der Waals surface area (Å²) in [6, 6.07) is 0. The first-order chi connectivity index (χ1) is 5.52. The van der Waals surface area contributed by atoms with Crippen LogP contribution in [-0.2, 0) is 4.79 Å². The summed E-state index contributed by atoms with van der Waals surface area (Å²) in [4.78, 5) is 11.1. The molecule has 2 fully saturated rings. The molecule has 0 aliphatic heterocycles. The van der Waals surface area contributed by atoms with E-state index in [2.05, 4.69) is 0 Å². The minimum Gasteiger partial charge on any atom is -0.300 e. The largest absolute Gasteiger partial charge is 0.300 e. The molecule has 0 atom stereocenters. The van der Waals surface area contributed by atoms with Gasteiger partial charge < -0.3 is 0 Å². The number of halogens is 2. The molecule has 0 heterocycles. The van der Waals surface area contributed by atoms with Gasteiger partial charge in [-0.25, -0.2) is 0 Å². The molecule has 68 valence electrons. The second kappa shape index (κ2) is 2.62. The normalized spacial score (nSPS) is 28.2. The minimum atomic E-state index is -0.167. The van der Waals surface area contributed by atoms with Crippen LogP contribution in [0, 0.1) is 0 Å². The quantitative estimate of drug-likeness (QED) is 0.647. The average Bonchev–Trinajstić information content (AvgIpc) is 2.76. The molecular weight excluding hydrogens is 195 g/mol. The van der Waals surface area contributed by atoms with Crippen LogP contribution in [0.5, 0.6) is 0 Å². The Morgan fingerprint density at radius 2 is 1.33 bits per heavy atom. The van der Waals surface area contributed by atoms with Crippen LogP contribution >= 0.6 is 23.2 Å². The van der Waals surface area contributed by atoms with Crippen LogP contribution in [0.4, 0.5) is 0 Å². The second-order valence-corrected chi connectivity index (χ2v) is 5.80. The maximum Gasteiger partial charge on any atom is 0.136 e. The highest BCUT2D eigenvalue weighted by molar-refractivity contribution is 6.28. The number of rotatable bonds is 4. The van der Waals surface area contributed by atoms with Crippen molar-refractivity contribution >= 4 is 29.0 Å². The van der Waals surface area contributed by atoms with E-state index in [-0.39, 0.29) is 15.5 Å². The predicted molar refractivity (Wildman–Crippen MR) is 49.9 cm³/mol. The molecule has 0 N–H and O–H groups in total. The number of Topliss-reactive ketones (excluding diaryl/α,β-unsaturated/α-hetero) is 1. The summed E-state index contributed by atoms with van der Waals surface area (Å²) in [5.41, 5.74) is 0. The van der Waals surface area contributed by atoms with E-state index in [0.29, 0.717) is 12.8 Å². The summed E-state index contributed by atoms with van der Waals surface area (Å²) in [7, 11) is 0. The van der Waals surface area contributed by atoms with E-state index < -0.39 is 0 Å². The van der Waals surface area contributed by atoms with Gasteiger partial charge >= 0.3 is 0 Å². The Labute approximate surface area is 82.4 Å². The monoisotopic (exact) mass is 206 g/mol. The van der Waals surface area contributed by atoms with Crippen LogP contribution in [-0.4, -0.2) is 15.5 Å². The van der Waals surface area contributed by atoms with Crippen molar-refractivity contribution in [3.8, 4) is 0 Å². The van der Waals surface area contributed by atoms with Crippen LogP contribution in [0.15, 0.2) is 0 Å². The lowest BCUT2D eigenvalue weighted by atomic mass is 10.1. The third-order valence-electron chi connectivity index (χ3n) is 2.61. The zero-order valence-corrected chi connectivity index (χ0v) is 8.42. The first kappa shape index (κ1) is 8.83. The lowest BCUT2D eigenvalue weighted by Gasteiger charge is -2.07. The standard InChI is InChI=1S/C9H12Cl2O/c10-8(1-2-8)5-7(12)6-9(11)3-4-9/h1-6H2. The van der Waals surface area contributed by atoms with E-state index in [4.69, 9.17) is 23.2 Å². The molecule has 0 bridgehead atoms. The molecule has 2 aliphatic rings. The molecule has 0 aromatic carbocycles. The Kier molecular flexibility index (Phi) is 1.93. The maximum absolute atomic E-state index is 11.4. The average molecular weight is 207 g/mol. The summed E-state index contributed by atoms with van der Waals surface area (Å²) < 4.78 is 0. The lowest BCUT2D eigenvalue weighted by molar-refractivity contribution is -0.119. The Bertz CT molecular complexity index is 195. The van der Waals surface area contributed by atoms with Gasteiger partial charge in [-0.05, 0) is 25.7 Å². The summed E-state index contributed by atoms with van der Waals surface area (Å²) in [5, 5.41) is 0. The van der Waals surface area contributed by atoms with Gasteiger partial charge in [0.05, 0.1) is 9.75 Å². The van der Waals surface area contributed by atoms with E-state index in [9.17, 15) is 4.79 Å². The molecule has 0 unspecified atom stereocenters. The number of hydrogen-bond acceptors (Lipinski definition) is 1. The molecule has 0 saturated heterocycles. The summed E-state index contributed by atoms with van der Waals surface area (Å²) >= 11 is 12.0. The zero-order valence-electron chi connectivity index (χ0n) is 6.91. The molecule has 2 rings (SSSR count). The smallest absolute Gasteiger partial charge is 0.136 e.